The van der Waals surface area contributed by atoms with E-state index >= 15 is 0 Å². The molecule has 0 spiro atoms. The van der Waals surface area contributed by atoms with E-state index in [4.69, 9.17) is 4.55 Å². The van der Waals surface area contributed by atoms with Gasteiger partial charge in [0.2, 0.25) is 0 Å². The smallest absolute Gasteiger partial charge is 0.545 e. The van der Waals surface area contributed by atoms with Gasteiger partial charge in [0, 0.05) is 5.56 Å². The Morgan fingerprint density at radius 3 is 2.00 bits per heavy atom. The van der Waals surface area contributed by atoms with Gasteiger partial charge >= 0.3 is 48.9 Å². The molecule has 0 aromatic heterocycles. The van der Waals surface area contributed by atoms with Gasteiger partial charge in [-0.2, -0.15) is 8.42 Å². The summed E-state index contributed by atoms with van der Waals surface area (Å²) < 4.78 is 30.1. The zero-order valence-electron chi connectivity index (χ0n) is 8.24. The molecule has 0 fully saturated rings. The van der Waals surface area contributed by atoms with Crippen molar-refractivity contribution < 1.29 is 32.8 Å². The molecule has 0 aliphatic rings. The van der Waals surface area contributed by atoms with E-state index in [1.54, 1.807) is 0 Å². The van der Waals surface area contributed by atoms with Gasteiger partial charge in [-0.1, -0.05) is 6.07 Å². The molecule has 1 aromatic rings. The molecule has 1 N–H and O–H groups in total. The molecular weight excluding hydrogens is 377 g/mol. The van der Waals surface area contributed by atoms with Gasteiger partial charge in [-0.25, -0.2) is 0 Å². The van der Waals surface area contributed by atoms with Gasteiger partial charge in [0.15, 0.2) is 0 Å². The van der Waals surface area contributed by atoms with E-state index in [0.29, 0.717) is 12.1 Å². The second kappa shape index (κ2) is 6.00. The minimum atomic E-state index is -4.76. The third-order valence-corrected chi connectivity index (χ3v) is 2.62. The Morgan fingerprint density at radius 2 is 1.65 bits per heavy atom. The number of hydrogen-bond acceptors (Lipinski definition) is 6. The molecule has 0 heterocycles. The molecule has 86 valence electrons. The number of carboxylic acids is 2. The van der Waals surface area contributed by atoms with Crippen LogP contribution in [0.3, 0.4) is 0 Å². The second-order valence-electron chi connectivity index (χ2n) is 2.76. The normalized spacial score (nSPS) is 10.4. The Kier molecular flexibility index (Phi) is 5.87. The molecule has 0 aliphatic heterocycles. The third kappa shape index (κ3) is 4.10. The van der Waals surface area contributed by atoms with E-state index in [0.717, 1.165) is 6.07 Å². The van der Waals surface area contributed by atoms with Crippen LogP contribution in [0.15, 0.2) is 23.1 Å². The zero-order chi connectivity index (χ0) is 12.5. The van der Waals surface area contributed by atoms with Crippen molar-refractivity contribution in [2.75, 3.05) is 0 Å². The van der Waals surface area contributed by atoms with Gasteiger partial charge in [0.25, 0.3) is 10.1 Å². The molecule has 7 nitrogen and oxygen atoms in total. The fourth-order valence-corrected chi connectivity index (χ4v) is 1.70. The maximum Gasteiger partial charge on any atom is 2.00 e. The van der Waals surface area contributed by atoms with Gasteiger partial charge in [-0.15, -0.1) is 0 Å². The van der Waals surface area contributed by atoms with Crippen LogP contribution in [-0.4, -0.2) is 73.8 Å². The Hall–Kier alpha value is -0.359. The van der Waals surface area contributed by atoms with Crippen LogP contribution in [0.5, 0.6) is 0 Å². The number of carbonyl (C=O) groups excluding carboxylic acids is 2. The summed E-state index contributed by atoms with van der Waals surface area (Å²) >= 11 is 0. The minimum Gasteiger partial charge on any atom is -0.545 e. The largest absolute Gasteiger partial charge is 2.00 e. The molecule has 9 heteroatoms. The Bertz CT molecular complexity index is 563. The average Bonchev–Trinajstić information content (AvgIpc) is 2.15. The summed E-state index contributed by atoms with van der Waals surface area (Å²) in [7, 11) is -4.76. The number of carboxylic acid groups (broad SMARTS) is 2. The van der Waals surface area contributed by atoms with Gasteiger partial charge < -0.3 is 19.8 Å². The van der Waals surface area contributed by atoms with Gasteiger partial charge in [-0.3, -0.25) is 4.55 Å². The number of carbonyl (C=O) groups is 2. The Morgan fingerprint density at radius 1 is 1.12 bits per heavy atom. The summed E-state index contributed by atoms with van der Waals surface area (Å²) in [6.45, 7) is 0. The molecule has 1 rings (SSSR count). The van der Waals surface area contributed by atoms with Crippen molar-refractivity contribution in [3.8, 4) is 0 Å². The van der Waals surface area contributed by atoms with Crippen molar-refractivity contribution in [3.05, 3.63) is 29.3 Å². The van der Waals surface area contributed by atoms with E-state index in [1.165, 1.54) is 0 Å². The molecule has 1 aromatic carbocycles. The van der Waals surface area contributed by atoms with Crippen molar-refractivity contribution in [2.24, 2.45) is 0 Å². The monoisotopic (exact) mass is 382 g/mol. The molecule has 0 saturated heterocycles. The molecule has 17 heavy (non-hydrogen) atoms. The summed E-state index contributed by atoms with van der Waals surface area (Å²) in [6.07, 6.45) is 0. The van der Waals surface area contributed by atoms with E-state index < -0.39 is 38.1 Å². The van der Waals surface area contributed by atoms with Crippen molar-refractivity contribution in [3.63, 3.8) is 0 Å². The van der Waals surface area contributed by atoms with Crippen LogP contribution in [0, 0.1) is 0 Å². The van der Waals surface area contributed by atoms with Gasteiger partial charge in [0.1, 0.15) is 4.90 Å². The molecule has 0 bridgehead atoms. The van der Waals surface area contributed by atoms with Gasteiger partial charge in [0.05, 0.1) is 11.9 Å². The standard InChI is InChI=1S/C8H6O7S.Ba/c9-7(10)4-1-2-6(16(13,14)15)5(3-4)8(11)12;/h1-3H,(H,9,10)(H,11,12)(H,13,14,15);/q;+2/p-2. The van der Waals surface area contributed by atoms with E-state index in [-0.39, 0.29) is 48.9 Å². The zero-order valence-corrected chi connectivity index (χ0v) is 13.5. The number of aromatic carboxylic acids is 2. The fraction of sp³-hybridized carbons (Fsp3) is 0. The van der Waals surface area contributed by atoms with Crippen LogP contribution in [0.1, 0.15) is 20.7 Å². The first-order chi connectivity index (χ1) is 7.23. The summed E-state index contributed by atoms with van der Waals surface area (Å²) in [5, 5.41) is 20.9. The van der Waals surface area contributed by atoms with E-state index in [9.17, 15) is 28.2 Å². The first-order valence-corrected chi connectivity index (χ1v) is 5.21. The van der Waals surface area contributed by atoms with Gasteiger partial charge in [-0.05, 0) is 17.7 Å². The third-order valence-electron chi connectivity index (χ3n) is 1.71. The fourth-order valence-electron chi connectivity index (χ4n) is 1.04. The minimum absolute atomic E-state index is 0. The number of rotatable bonds is 3. The molecule has 0 radical (unpaired) electrons. The van der Waals surface area contributed by atoms with Crippen molar-refractivity contribution in [2.45, 2.75) is 4.90 Å². The van der Waals surface area contributed by atoms with Crippen LogP contribution >= 0.6 is 0 Å². The van der Waals surface area contributed by atoms with Crippen molar-refractivity contribution in [1.29, 1.82) is 0 Å². The second-order valence-corrected chi connectivity index (χ2v) is 4.15. The Balaban J connectivity index is 0.00000256. The van der Waals surface area contributed by atoms with Crippen LogP contribution in [0.4, 0.5) is 0 Å². The number of benzene rings is 1. The van der Waals surface area contributed by atoms with Crippen LogP contribution in [0.25, 0.3) is 0 Å². The average molecular weight is 382 g/mol. The first-order valence-electron chi connectivity index (χ1n) is 3.77. The maximum atomic E-state index is 10.7. The van der Waals surface area contributed by atoms with Crippen molar-refractivity contribution in [1.82, 2.24) is 0 Å². The molecular formula is C8H4BaO7S. The molecule has 0 amide bonds. The first kappa shape index (κ1) is 16.6. The van der Waals surface area contributed by atoms with E-state index in [2.05, 4.69) is 0 Å². The maximum absolute atomic E-state index is 10.7. The van der Waals surface area contributed by atoms with Crippen LogP contribution < -0.4 is 10.2 Å². The quantitative estimate of drug-likeness (QED) is 0.444. The predicted molar refractivity (Wildman–Crippen MR) is 50.7 cm³/mol. The number of hydrogen-bond donors (Lipinski definition) is 1. The summed E-state index contributed by atoms with van der Waals surface area (Å²) in [5.74, 6) is -3.60. The van der Waals surface area contributed by atoms with E-state index in [1.807, 2.05) is 0 Å². The summed E-state index contributed by atoms with van der Waals surface area (Å²) in [4.78, 5) is 20.0. The Labute approximate surface area is 136 Å². The molecule has 0 aliphatic carbocycles. The molecule has 0 saturated carbocycles. The van der Waals surface area contributed by atoms with Crippen LogP contribution in [-0.2, 0) is 10.1 Å². The molecule has 0 unspecified atom stereocenters. The van der Waals surface area contributed by atoms with Crippen LogP contribution in [0.2, 0.25) is 0 Å². The molecule has 0 atom stereocenters. The topological polar surface area (TPSA) is 135 Å². The summed E-state index contributed by atoms with van der Waals surface area (Å²) in [5.41, 5.74) is -1.48. The van der Waals surface area contributed by atoms with Crippen molar-refractivity contribution >= 4 is 70.9 Å². The summed E-state index contributed by atoms with van der Waals surface area (Å²) in [6, 6.07) is 1.98. The SMILES string of the molecule is O=C([O-])c1ccc(S(=O)(=O)O)c(C(=O)[O-])c1.[Ba+2]. The predicted octanol–water partition coefficient (Wildman–Crippen LogP) is -2.72.